The van der Waals surface area contributed by atoms with Crippen molar-refractivity contribution in [3.63, 3.8) is 0 Å². The second-order valence-corrected chi connectivity index (χ2v) is 5.34. The molecule has 1 aromatic heterocycles. The van der Waals surface area contributed by atoms with E-state index in [9.17, 15) is 0 Å². The minimum atomic E-state index is 0.211. The molecule has 0 fully saturated rings. The van der Waals surface area contributed by atoms with E-state index in [-0.39, 0.29) is 6.04 Å². The highest BCUT2D eigenvalue weighted by atomic mass is 14.9. The van der Waals surface area contributed by atoms with Gasteiger partial charge in [0, 0.05) is 24.7 Å². The number of rotatable bonds is 3. The van der Waals surface area contributed by atoms with Crippen molar-refractivity contribution >= 4 is 10.9 Å². The van der Waals surface area contributed by atoms with Crippen molar-refractivity contribution in [2.24, 2.45) is 12.8 Å². The summed E-state index contributed by atoms with van der Waals surface area (Å²) in [6.45, 7) is 6.55. The van der Waals surface area contributed by atoms with E-state index >= 15 is 0 Å². The lowest BCUT2D eigenvalue weighted by Crippen LogP contribution is -2.17. The van der Waals surface area contributed by atoms with Crippen LogP contribution in [0.4, 0.5) is 0 Å². The summed E-state index contributed by atoms with van der Waals surface area (Å²) in [6.07, 6.45) is 3.17. The van der Waals surface area contributed by atoms with Gasteiger partial charge in [-0.25, -0.2) is 0 Å². The summed E-state index contributed by atoms with van der Waals surface area (Å²) in [4.78, 5) is 0. The van der Waals surface area contributed by atoms with Gasteiger partial charge in [-0.3, -0.25) is 0 Å². The molecule has 2 N–H and O–H groups in total. The van der Waals surface area contributed by atoms with Crippen LogP contribution in [-0.2, 0) is 13.5 Å². The van der Waals surface area contributed by atoms with Gasteiger partial charge in [0.25, 0.3) is 0 Å². The molecule has 2 heteroatoms. The molecule has 1 unspecified atom stereocenters. The summed E-state index contributed by atoms with van der Waals surface area (Å²) in [5, 5.41) is 1.36. The van der Waals surface area contributed by atoms with Gasteiger partial charge in [-0.2, -0.15) is 0 Å². The Morgan fingerprint density at radius 2 is 1.94 bits per heavy atom. The number of aryl methyl sites for hydroxylation is 1. The van der Waals surface area contributed by atoms with E-state index in [4.69, 9.17) is 5.73 Å². The minimum absolute atomic E-state index is 0.211. The van der Waals surface area contributed by atoms with Crippen LogP contribution in [0.5, 0.6) is 0 Å². The fourth-order valence-corrected chi connectivity index (χ4v) is 2.56. The molecule has 0 saturated heterocycles. The predicted octanol–water partition coefficient (Wildman–Crippen LogP) is 3.19. The van der Waals surface area contributed by atoms with Crippen LogP contribution in [0.15, 0.2) is 24.4 Å². The number of nitrogens with zero attached hydrogens (tertiary/aromatic N) is 1. The SMILES string of the molecule is CC(N)Cc1cn(C)c2c(C(C)C)cccc12. The van der Waals surface area contributed by atoms with Crippen molar-refractivity contribution < 1.29 is 0 Å². The number of para-hydroxylation sites is 1. The Morgan fingerprint density at radius 1 is 1.24 bits per heavy atom. The van der Waals surface area contributed by atoms with E-state index in [2.05, 4.69) is 56.8 Å². The summed E-state index contributed by atoms with van der Waals surface area (Å²) in [5.74, 6) is 0.551. The first-order valence-electron chi connectivity index (χ1n) is 6.33. The molecule has 0 aliphatic heterocycles. The van der Waals surface area contributed by atoms with Gasteiger partial charge in [0.2, 0.25) is 0 Å². The molecule has 1 atom stereocenters. The highest BCUT2D eigenvalue weighted by Gasteiger charge is 2.12. The van der Waals surface area contributed by atoms with Crippen LogP contribution in [0.25, 0.3) is 10.9 Å². The lowest BCUT2D eigenvalue weighted by Gasteiger charge is -2.09. The Kier molecular flexibility index (Phi) is 3.25. The third-order valence-corrected chi connectivity index (χ3v) is 3.28. The summed E-state index contributed by atoms with van der Waals surface area (Å²) < 4.78 is 2.24. The van der Waals surface area contributed by atoms with Gasteiger partial charge in [0.15, 0.2) is 0 Å². The summed E-state index contributed by atoms with van der Waals surface area (Å²) >= 11 is 0. The molecule has 2 aromatic rings. The number of hydrogen-bond donors (Lipinski definition) is 1. The second-order valence-electron chi connectivity index (χ2n) is 5.34. The van der Waals surface area contributed by atoms with Crippen molar-refractivity contribution in [2.75, 3.05) is 0 Å². The zero-order valence-electron chi connectivity index (χ0n) is 11.2. The van der Waals surface area contributed by atoms with Crippen LogP contribution in [0, 0.1) is 0 Å². The summed E-state index contributed by atoms with van der Waals surface area (Å²) in [7, 11) is 2.12. The fraction of sp³-hybridized carbons (Fsp3) is 0.467. The zero-order valence-corrected chi connectivity index (χ0v) is 11.2. The first kappa shape index (κ1) is 12.2. The van der Waals surface area contributed by atoms with Crippen LogP contribution in [0.1, 0.15) is 37.8 Å². The minimum Gasteiger partial charge on any atom is -0.350 e. The number of hydrogen-bond acceptors (Lipinski definition) is 1. The first-order chi connectivity index (χ1) is 8.00. The lowest BCUT2D eigenvalue weighted by molar-refractivity contribution is 0.738. The lowest BCUT2D eigenvalue weighted by atomic mass is 9.98. The molecule has 1 heterocycles. The van der Waals surface area contributed by atoms with Crippen molar-refractivity contribution in [2.45, 2.75) is 39.2 Å². The van der Waals surface area contributed by atoms with Crippen LogP contribution in [-0.4, -0.2) is 10.6 Å². The standard InChI is InChI=1S/C15H22N2/c1-10(2)13-6-5-7-14-12(8-11(3)16)9-17(4)15(13)14/h5-7,9-11H,8,16H2,1-4H3. The van der Waals surface area contributed by atoms with Gasteiger partial charge in [0.1, 0.15) is 0 Å². The van der Waals surface area contributed by atoms with Crippen molar-refractivity contribution in [3.05, 3.63) is 35.5 Å². The predicted molar refractivity (Wildman–Crippen MR) is 74.4 cm³/mol. The topological polar surface area (TPSA) is 30.9 Å². The van der Waals surface area contributed by atoms with Crippen molar-refractivity contribution in [3.8, 4) is 0 Å². The van der Waals surface area contributed by atoms with Gasteiger partial charge in [-0.1, -0.05) is 32.0 Å². The highest BCUT2D eigenvalue weighted by molar-refractivity contribution is 5.87. The van der Waals surface area contributed by atoms with Gasteiger partial charge in [-0.15, -0.1) is 0 Å². The molecule has 17 heavy (non-hydrogen) atoms. The molecule has 0 spiro atoms. The Hall–Kier alpha value is -1.28. The maximum Gasteiger partial charge on any atom is 0.0515 e. The average molecular weight is 230 g/mol. The molecule has 1 aromatic carbocycles. The molecule has 92 valence electrons. The highest BCUT2D eigenvalue weighted by Crippen LogP contribution is 2.29. The van der Waals surface area contributed by atoms with E-state index in [1.54, 1.807) is 0 Å². The Balaban J connectivity index is 2.64. The van der Waals surface area contributed by atoms with Crippen LogP contribution in [0.3, 0.4) is 0 Å². The van der Waals surface area contributed by atoms with Gasteiger partial charge in [-0.05, 0) is 30.4 Å². The number of benzene rings is 1. The monoisotopic (exact) mass is 230 g/mol. The third-order valence-electron chi connectivity index (χ3n) is 3.28. The number of aromatic nitrogens is 1. The molecule has 2 rings (SSSR count). The smallest absolute Gasteiger partial charge is 0.0515 e. The van der Waals surface area contributed by atoms with E-state index in [0.29, 0.717) is 5.92 Å². The second kappa shape index (κ2) is 4.53. The molecule has 0 radical (unpaired) electrons. The normalized spacial score (nSPS) is 13.5. The average Bonchev–Trinajstić information content (AvgIpc) is 2.55. The van der Waals surface area contributed by atoms with Crippen LogP contribution in [0.2, 0.25) is 0 Å². The number of fused-ring (bicyclic) bond motifs is 1. The quantitative estimate of drug-likeness (QED) is 0.862. The van der Waals surface area contributed by atoms with Crippen molar-refractivity contribution in [1.82, 2.24) is 4.57 Å². The Morgan fingerprint density at radius 3 is 2.53 bits per heavy atom. The molecular weight excluding hydrogens is 208 g/mol. The number of nitrogens with two attached hydrogens (primary N) is 1. The zero-order chi connectivity index (χ0) is 12.6. The molecule has 0 saturated carbocycles. The summed E-state index contributed by atoms with van der Waals surface area (Å²) in [5.41, 5.74) is 10.1. The maximum atomic E-state index is 5.91. The molecule has 0 amide bonds. The van der Waals surface area contributed by atoms with E-state index in [1.165, 1.54) is 22.0 Å². The fourth-order valence-electron chi connectivity index (χ4n) is 2.56. The van der Waals surface area contributed by atoms with E-state index in [0.717, 1.165) is 6.42 Å². The van der Waals surface area contributed by atoms with E-state index < -0.39 is 0 Å². The van der Waals surface area contributed by atoms with Gasteiger partial charge in [0.05, 0.1) is 5.52 Å². The van der Waals surface area contributed by atoms with Crippen LogP contribution < -0.4 is 5.73 Å². The molecule has 0 bridgehead atoms. The summed E-state index contributed by atoms with van der Waals surface area (Å²) in [6, 6.07) is 6.80. The van der Waals surface area contributed by atoms with Gasteiger partial charge >= 0.3 is 0 Å². The van der Waals surface area contributed by atoms with Crippen LogP contribution >= 0.6 is 0 Å². The Bertz CT molecular complexity index is 521. The molecule has 0 aliphatic carbocycles. The van der Waals surface area contributed by atoms with Crippen molar-refractivity contribution in [1.29, 1.82) is 0 Å². The van der Waals surface area contributed by atoms with Gasteiger partial charge < -0.3 is 10.3 Å². The van der Waals surface area contributed by atoms with E-state index in [1.807, 2.05) is 0 Å². The Labute approximate surface area is 103 Å². The molecular formula is C15H22N2. The third kappa shape index (κ3) is 2.22. The molecule has 0 aliphatic rings. The maximum absolute atomic E-state index is 5.91. The first-order valence-corrected chi connectivity index (χ1v) is 6.33. The largest absolute Gasteiger partial charge is 0.350 e. The molecule has 2 nitrogen and oxygen atoms in total.